The minimum absolute atomic E-state index is 0.0226. The van der Waals surface area contributed by atoms with Gasteiger partial charge in [-0.3, -0.25) is 24.4 Å². The summed E-state index contributed by atoms with van der Waals surface area (Å²) in [6.45, 7) is 0. The molecule has 0 aliphatic rings. The van der Waals surface area contributed by atoms with E-state index in [2.05, 4.69) is 0 Å². The molecule has 0 fully saturated rings. The van der Waals surface area contributed by atoms with Gasteiger partial charge in [0.1, 0.15) is 4.90 Å². The first-order valence-corrected chi connectivity index (χ1v) is 5.25. The van der Waals surface area contributed by atoms with Crippen LogP contribution in [0.5, 0.6) is 0 Å². The topological polar surface area (TPSA) is 103 Å². The van der Waals surface area contributed by atoms with Crippen molar-refractivity contribution in [1.82, 2.24) is 0 Å². The molecule has 15 heavy (non-hydrogen) atoms. The fraction of sp³-hybridized carbons (Fsp3) is 0.143. The Bertz CT molecular complexity index is 459. The van der Waals surface area contributed by atoms with Crippen LogP contribution in [0.3, 0.4) is 0 Å². The van der Waals surface area contributed by atoms with Crippen LogP contribution in [0.25, 0.3) is 0 Å². The van der Waals surface area contributed by atoms with Gasteiger partial charge >= 0.3 is 0 Å². The average molecular weight is 230 g/mol. The molecular weight excluding hydrogens is 224 g/mol. The highest BCUT2D eigenvalue weighted by Gasteiger charge is 2.21. The van der Waals surface area contributed by atoms with E-state index in [4.69, 9.17) is 0 Å². The molecule has 1 atom stereocenters. The lowest BCUT2D eigenvalue weighted by atomic mass is 10.3. The molecule has 0 heterocycles. The van der Waals surface area contributed by atoms with Crippen LogP contribution >= 0.6 is 0 Å². The SMILES string of the molecule is C[S@@](=O)c1ccc([N+](=O)[O-])cc1[N+](=O)[O-]. The number of nitrogens with zero attached hydrogens (tertiary/aromatic N) is 2. The van der Waals surface area contributed by atoms with Gasteiger partial charge in [0.2, 0.25) is 0 Å². The van der Waals surface area contributed by atoms with Crippen LogP contribution in [0.2, 0.25) is 0 Å². The van der Waals surface area contributed by atoms with Crippen LogP contribution in [0.1, 0.15) is 0 Å². The molecule has 7 nitrogen and oxygen atoms in total. The van der Waals surface area contributed by atoms with Crippen molar-refractivity contribution in [3.63, 3.8) is 0 Å². The van der Waals surface area contributed by atoms with Crippen LogP contribution < -0.4 is 0 Å². The molecular formula is C7H6N2O5S. The van der Waals surface area contributed by atoms with Crippen LogP contribution in [-0.2, 0) is 10.8 Å². The van der Waals surface area contributed by atoms with Crippen LogP contribution in [0.4, 0.5) is 11.4 Å². The Hall–Kier alpha value is -1.83. The van der Waals surface area contributed by atoms with Crippen molar-refractivity contribution in [3.8, 4) is 0 Å². The Balaban J connectivity index is 3.40. The normalized spacial score (nSPS) is 12.1. The average Bonchev–Trinajstić information content (AvgIpc) is 2.16. The minimum atomic E-state index is -1.55. The second-order valence-electron chi connectivity index (χ2n) is 2.62. The summed E-state index contributed by atoms with van der Waals surface area (Å²) in [7, 11) is -1.55. The lowest BCUT2D eigenvalue weighted by molar-refractivity contribution is -0.396. The smallest absolute Gasteiger partial charge is 0.258 e. The van der Waals surface area contributed by atoms with Crippen molar-refractivity contribution < 1.29 is 14.1 Å². The zero-order valence-electron chi connectivity index (χ0n) is 7.58. The van der Waals surface area contributed by atoms with Gasteiger partial charge in [-0.2, -0.15) is 0 Å². The predicted molar refractivity (Wildman–Crippen MR) is 52.1 cm³/mol. The van der Waals surface area contributed by atoms with Gasteiger partial charge in [0.25, 0.3) is 11.4 Å². The number of non-ortho nitro benzene ring substituents is 1. The molecule has 0 aromatic heterocycles. The fourth-order valence-corrected chi connectivity index (χ4v) is 1.69. The van der Waals surface area contributed by atoms with Crippen molar-refractivity contribution in [3.05, 3.63) is 38.4 Å². The largest absolute Gasteiger partial charge is 0.292 e. The first-order chi connectivity index (χ1) is 6.93. The van der Waals surface area contributed by atoms with E-state index in [1.807, 2.05) is 0 Å². The Labute approximate surface area is 86.5 Å². The van der Waals surface area contributed by atoms with E-state index in [9.17, 15) is 24.4 Å². The summed E-state index contributed by atoms with van der Waals surface area (Å²) >= 11 is 0. The predicted octanol–water partition coefficient (Wildman–Crippen LogP) is 1.24. The van der Waals surface area contributed by atoms with E-state index in [0.717, 1.165) is 18.2 Å². The standard InChI is InChI=1S/C7H6N2O5S/c1-15(14)7-3-2-5(8(10)11)4-6(7)9(12)13/h2-4H,1H3/t15-/m1/s1. The summed E-state index contributed by atoms with van der Waals surface area (Å²) in [6, 6.07) is 3.02. The Kier molecular flexibility index (Phi) is 3.10. The molecule has 0 radical (unpaired) electrons. The maximum atomic E-state index is 11.1. The summed E-state index contributed by atoms with van der Waals surface area (Å²) in [5.41, 5.74) is -0.888. The highest BCUT2D eigenvalue weighted by molar-refractivity contribution is 7.84. The van der Waals surface area contributed by atoms with Crippen molar-refractivity contribution in [1.29, 1.82) is 0 Å². The van der Waals surface area contributed by atoms with Crippen molar-refractivity contribution in [2.45, 2.75) is 4.90 Å². The maximum Gasteiger partial charge on any atom is 0.292 e. The van der Waals surface area contributed by atoms with Gasteiger partial charge in [0.05, 0.1) is 26.7 Å². The van der Waals surface area contributed by atoms with Gasteiger partial charge < -0.3 is 0 Å². The molecule has 0 saturated heterocycles. The number of rotatable bonds is 3. The molecule has 0 bridgehead atoms. The van der Waals surface area contributed by atoms with E-state index in [1.54, 1.807) is 0 Å². The Morgan fingerprint density at radius 1 is 1.20 bits per heavy atom. The number of benzene rings is 1. The Morgan fingerprint density at radius 3 is 2.20 bits per heavy atom. The number of hydrogen-bond acceptors (Lipinski definition) is 5. The van der Waals surface area contributed by atoms with E-state index in [0.29, 0.717) is 0 Å². The third kappa shape index (κ3) is 2.34. The van der Waals surface area contributed by atoms with Crippen LogP contribution in [-0.4, -0.2) is 20.3 Å². The highest BCUT2D eigenvalue weighted by Crippen LogP contribution is 2.26. The Morgan fingerprint density at radius 2 is 1.80 bits per heavy atom. The van der Waals surface area contributed by atoms with E-state index in [1.165, 1.54) is 6.26 Å². The van der Waals surface area contributed by atoms with E-state index < -0.39 is 32.0 Å². The van der Waals surface area contributed by atoms with Gasteiger partial charge in [-0.1, -0.05) is 0 Å². The van der Waals surface area contributed by atoms with Gasteiger partial charge in [-0.25, -0.2) is 0 Å². The van der Waals surface area contributed by atoms with Gasteiger partial charge in [0.15, 0.2) is 0 Å². The molecule has 0 amide bonds. The lowest BCUT2D eigenvalue weighted by Crippen LogP contribution is -1.98. The van der Waals surface area contributed by atoms with E-state index >= 15 is 0 Å². The molecule has 0 saturated carbocycles. The molecule has 0 spiro atoms. The molecule has 8 heteroatoms. The second-order valence-corrected chi connectivity index (χ2v) is 3.97. The summed E-state index contributed by atoms with van der Waals surface area (Å²) in [5.74, 6) is 0. The third-order valence-corrected chi connectivity index (χ3v) is 2.62. The highest BCUT2D eigenvalue weighted by atomic mass is 32.2. The van der Waals surface area contributed by atoms with Crippen molar-refractivity contribution >= 4 is 22.2 Å². The molecule has 1 aromatic carbocycles. The maximum absolute atomic E-state index is 11.1. The first-order valence-electron chi connectivity index (χ1n) is 3.69. The zero-order chi connectivity index (χ0) is 11.6. The lowest BCUT2D eigenvalue weighted by Gasteiger charge is -1.98. The fourth-order valence-electron chi connectivity index (χ4n) is 1.01. The summed E-state index contributed by atoms with van der Waals surface area (Å²) in [4.78, 5) is 19.4. The minimum Gasteiger partial charge on any atom is -0.258 e. The van der Waals surface area contributed by atoms with E-state index in [-0.39, 0.29) is 4.90 Å². The summed E-state index contributed by atoms with van der Waals surface area (Å²) < 4.78 is 11.1. The molecule has 1 aromatic rings. The van der Waals surface area contributed by atoms with Gasteiger partial charge in [-0.05, 0) is 6.07 Å². The molecule has 0 aliphatic carbocycles. The number of nitro benzene ring substituents is 2. The number of hydrogen-bond donors (Lipinski definition) is 0. The van der Waals surface area contributed by atoms with Crippen LogP contribution in [0, 0.1) is 20.2 Å². The molecule has 1 rings (SSSR count). The summed E-state index contributed by atoms with van der Waals surface area (Å²) in [5, 5.41) is 20.9. The first kappa shape index (κ1) is 11.2. The van der Waals surface area contributed by atoms with Crippen molar-refractivity contribution in [2.24, 2.45) is 0 Å². The summed E-state index contributed by atoms with van der Waals surface area (Å²) in [6.07, 6.45) is 1.27. The number of nitro groups is 2. The van der Waals surface area contributed by atoms with Gasteiger partial charge in [-0.15, -0.1) is 0 Å². The molecule has 0 N–H and O–H groups in total. The molecule has 0 unspecified atom stereocenters. The van der Waals surface area contributed by atoms with Crippen molar-refractivity contribution in [2.75, 3.05) is 6.26 Å². The molecule has 0 aliphatic heterocycles. The van der Waals surface area contributed by atoms with Gasteiger partial charge in [0, 0.05) is 12.3 Å². The van der Waals surface area contributed by atoms with Crippen LogP contribution in [0.15, 0.2) is 23.1 Å². The monoisotopic (exact) mass is 230 g/mol. The zero-order valence-corrected chi connectivity index (χ0v) is 8.39. The molecule has 80 valence electrons. The second kappa shape index (κ2) is 4.13. The third-order valence-electron chi connectivity index (χ3n) is 1.66. The quantitative estimate of drug-likeness (QED) is 0.574.